The Hall–Kier alpha value is -1.71. The van der Waals surface area contributed by atoms with Gasteiger partial charge in [-0.05, 0) is 12.5 Å². The van der Waals surface area contributed by atoms with Crippen LogP contribution in [0.4, 0.5) is 19.0 Å². The van der Waals surface area contributed by atoms with E-state index in [0.29, 0.717) is 39.9 Å². The molecule has 132 valence electrons. The first-order chi connectivity index (χ1) is 11.7. The summed E-state index contributed by atoms with van der Waals surface area (Å²) in [6.07, 6.45) is -2.80. The quantitative estimate of drug-likeness (QED) is 0.377. The van der Waals surface area contributed by atoms with Gasteiger partial charge in [-0.2, -0.15) is 13.2 Å². The smallest absolute Gasteiger partial charge is 0.433 e. The molecule has 0 aliphatic heterocycles. The SMILES string of the molecule is Nc1cc(C(F)(F)F)nc(SCCc2cc3c(Cl)coc3c(Cl)n2)n1. The average molecular weight is 409 g/mol. The van der Waals surface area contributed by atoms with Crippen LogP contribution in [0.1, 0.15) is 11.4 Å². The van der Waals surface area contributed by atoms with Crippen LogP contribution in [0.3, 0.4) is 0 Å². The molecule has 3 aromatic heterocycles. The number of hydrogen-bond acceptors (Lipinski definition) is 6. The zero-order valence-electron chi connectivity index (χ0n) is 12.3. The van der Waals surface area contributed by atoms with Crippen molar-refractivity contribution < 1.29 is 17.6 Å². The number of fused-ring (bicyclic) bond motifs is 1. The highest BCUT2D eigenvalue weighted by molar-refractivity contribution is 7.99. The maximum atomic E-state index is 12.7. The molecule has 3 aromatic rings. The minimum absolute atomic E-state index is 0.0548. The standard InChI is InChI=1S/C14H9Cl2F3N4OS/c15-8-5-24-11-7(8)3-6(21-12(11)16)1-2-25-13-22-9(14(17,18)19)4-10(20)23-13/h3-5H,1-2H2,(H2,20,22,23). The van der Waals surface area contributed by atoms with Gasteiger partial charge in [0.1, 0.15) is 12.1 Å². The number of nitrogen functional groups attached to an aromatic ring is 1. The molecular weight excluding hydrogens is 400 g/mol. The third-order valence-corrected chi connectivity index (χ3v) is 4.53. The lowest BCUT2D eigenvalue weighted by atomic mass is 10.2. The van der Waals surface area contributed by atoms with E-state index >= 15 is 0 Å². The first-order valence-corrected chi connectivity index (χ1v) is 8.55. The summed E-state index contributed by atoms with van der Waals surface area (Å²) in [5.74, 6) is 0.142. The number of aryl methyl sites for hydroxylation is 1. The summed E-state index contributed by atoms with van der Waals surface area (Å²) in [7, 11) is 0. The second kappa shape index (κ2) is 6.89. The molecule has 5 nitrogen and oxygen atoms in total. The molecule has 11 heteroatoms. The van der Waals surface area contributed by atoms with Gasteiger partial charge in [0, 0.05) is 22.9 Å². The molecule has 0 bridgehead atoms. The van der Waals surface area contributed by atoms with E-state index in [1.54, 1.807) is 6.07 Å². The summed E-state index contributed by atoms with van der Waals surface area (Å²) >= 11 is 13.1. The van der Waals surface area contributed by atoms with Gasteiger partial charge in [-0.3, -0.25) is 0 Å². The van der Waals surface area contributed by atoms with Crippen LogP contribution >= 0.6 is 35.0 Å². The van der Waals surface area contributed by atoms with Crippen LogP contribution in [0.5, 0.6) is 0 Å². The molecule has 0 aliphatic carbocycles. The van der Waals surface area contributed by atoms with Crippen LogP contribution in [0.2, 0.25) is 10.2 Å². The largest absolute Gasteiger partial charge is 0.459 e. The molecule has 3 heterocycles. The Bertz CT molecular complexity index is 932. The van der Waals surface area contributed by atoms with Gasteiger partial charge < -0.3 is 10.2 Å². The highest BCUT2D eigenvalue weighted by Gasteiger charge is 2.33. The summed E-state index contributed by atoms with van der Waals surface area (Å²) < 4.78 is 43.4. The fourth-order valence-corrected chi connectivity index (χ4v) is 3.31. The first kappa shape index (κ1) is 18.1. The molecule has 3 rings (SSSR count). The average Bonchev–Trinajstić information content (AvgIpc) is 2.88. The van der Waals surface area contributed by atoms with Crippen molar-refractivity contribution >= 4 is 51.8 Å². The molecule has 25 heavy (non-hydrogen) atoms. The van der Waals surface area contributed by atoms with Crippen molar-refractivity contribution in [1.29, 1.82) is 0 Å². The van der Waals surface area contributed by atoms with E-state index in [1.807, 2.05) is 0 Å². The number of hydrogen-bond donors (Lipinski definition) is 1. The topological polar surface area (TPSA) is 77.8 Å². The van der Waals surface area contributed by atoms with Crippen molar-refractivity contribution in [1.82, 2.24) is 15.0 Å². The molecule has 0 unspecified atom stereocenters. The summed E-state index contributed by atoms with van der Waals surface area (Å²) in [6.45, 7) is 0. The number of nitrogens with two attached hydrogens (primary N) is 1. The van der Waals surface area contributed by atoms with Crippen LogP contribution in [-0.4, -0.2) is 20.7 Å². The lowest BCUT2D eigenvalue weighted by Gasteiger charge is -2.08. The molecule has 0 radical (unpaired) electrons. The zero-order chi connectivity index (χ0) is 18.2. The molecule has 0 atom stereocenters. The first-order valence-electron chi connectivity index (χ1n) is 6.80. The van der Waals surface area contributed by atoms with Crippen LogP contribution in [0.15, 0.2) is 28.0 Å². The van der Waals surface area contributed by atoms with Crippen molar-refractivity contribution in [3.8, 4) is 0 Å². The predicted molar refractivity (Wildman–Crippen MR) is 89.9 cm³/mol. The third kappa shape index (κ3) is 4.10. The van der Waals surface area contributed by atoms with E-state index < -0.39 is 11.9 Å². The Labute approximate surface area is 153 Å². The Morgan fingerprint density at radius 3 is 2.64 bits per heavy atom. The summed E-state index contributed by atoms with van der Waals surface area (Å²) in [5.41, 5.74) is 5.34. The number of alkyl halides is 3. The molecule has 0 fully saturated rings. The van der Waals surface area contributed by atoms with Crippen LogP contribution in [-0.2, 0) is 12.6 Å². The normalized spacial score (nSPS) is 12.0. The fraction of sp³-hybridized carbons (Fsp3) is 0.214. The van der Waals surface area contributed by atoms with Crippen molar-refractivity contribution in [2.24, 2.45) is 0 Å². The van der Waals surface area contributed by atoms with E-state index in [4.69, 9.17) is 33.4 Å². The van der Waals surface area contributed by atoms with E-state index in [-0.39, 0.29) is 16.1 Å². The summed E-state index contributed by atoms with van der Waals surface area (Å²) in [5, 5.41) is 1.15. The van der Waals surface area contributed by atoms with Crippen molar-refractivity contribution in [3.05, 3.63) is 40.0 Å². The second-order valence-electron chi connectivity index (χ2n) is 4.92. The van der Waals surface area contributed by atoms with E-state index in [0.717, 1.165) is 11.8 Å². The van der Waals surface area contributed by atoms with Gasteiger partial charge in [-0.15, -0.1) is 0 Å². The van der Waals surface area contributed by atoms with Crippen LogP contribution in [0.25, 0.3) is 11.0 Å². The van der Waals surface area contributed by atoms with Gasteiger partial charge in [0.25, 0.3) is 0 Å². The van der Waals surface area contributed by atoms with Gasteiger partial charge in [0.15, 0.2) is 21.6 Å². The number of rotatable bonds is 4. The number of halogens is 5. The highest BCUT2D eigenvalue weighted by atomic mass is 35.5. The highest BCUT2D eigenvalue weighted by Crippen LogP contribution is 2.32. The number of nitrogens with zero attached hydrogens (tertiary/aromatic N) is 3. The number of aromatic nitrogens is 3. The minimum atomic E-state index is -4.58. The predicted octanol–water partition coefficient (Wildman–Crippen LogP) is 4.86. The second-order valence-corrected chi connectivity index (χ2v) is 6.75. The molecule has 2 N–H and O–H groups in total. The molecule has 0 spiro atoms. The van der Waals surface area contributed by atoms with Crippen molar-refractivity contribution in [2.75, 3.05) is 11.5 Å². The van der Waals surface area contributed by atoms with Crippen molar-refractivity contribution in [3.63, 3.8) is 0 Å². The zero-order valence-corrected chi connectivity index (χ0v) is 14.6. The number of pyridine rings is 1. The molecule has 0 aromatic carbocycles. The number of anilines is 1. The van der Waals surface area contributed by atoms with Crippen molar-refractivity contribution in [2.45, 2.75) is 17.8 Å². The van der Waals surface area contributed by atoms with E-state index in [2.05, 4.69) is 15.0 Å². The van der Waals surface area contributed by atoms with Crippen LogP contribution < -0.4 is 5.73 Å². The fourth-order valence-electron chi connectivity index (χ4n) is 2.04. The Morgan fingerprint density at radius 1 is 1.16 bits per heavy atom. The molecule has 0 aliphatic rings. The molecule has 0 amide bonds. The third-order valence-electron chi connectivity index (χ3n) is 3.13. The maximum absolute atomic E-state index is 12.7. The number of thioether (sulfide) groups is 1. The van der Waals surface area contributed by atoms with Gasteiger partial charge in [0.05, 0.1) is 5.02 Å². The van der Waals surface area contributed by atoms with Gasteiger partial charge >= 0.3 is 6.18 Å². The maximum Gasteiger partial charge on any atom is 0.433 e. The minimum Gasteiger partial charge on any atom is -0.459 e. The Morgan fingerprint density at radius 2 is 1.92 bits per heavy atom. The van der Waals surface area contributed by atoms with Gasteiger partial charge in [0.2, 0.25) is 0 Å². The Balaban J connectivity index is 1.73. The van der Waals surface area contributed by atoms with Gasteiger partial charge in [-0.25, -0.2) is 15.0 Å². The summed E-state index contributed by atoms with van der Waals surface area (Å²) in [4.78, 5) is 11.4. The summed E-state index contributed by atoms with van der Waals surface area (Å²) in [6, 6.07) is 2.41. The van der Waals surface area contributed by atoms with E-state index in [9.17, 15) is 13.2 Å². The molecule has 0 saturated carbocycles. The van der Waals surface area contributed by atoms with Crippen LogP contribution in [0, 0.1) is 0 Å². The molecule has 0 saturated heterocycles. The Kier molecular flexibility index (Phi) is 4.99. The monoisotopic (exact) mass is 408 g/mol. The lowest BCUT2D eigenvalue weighted by molar-refractivity contribution is -0.141. The van der Waals surface area contributed by atoms with E-state index in [1.165, 1.54) is 6.26 Å². The molecular formula is C14H9Cl2F3N4OS. The van der Waals surface area contributed by atoms with Gasteiger partial charge in [-0.1, -0.05) is 35.0 Å². The lowest BCUT2D eigenvalue weighted by Crippen LogP contribution is -2.11. The number of furan rings is 1.